The van der Waals surface area contributed by atoms with Gasteiger partial charge in [-0.25, -0.2) is 12.8 Å². The largest absolute Gasteiger partial charge is 0.491 e. The monoisotopic (exact) mass is 394 g/mol. The van der Waals surface area contributed by atoms with E-state index in [1.807, 2.05) is 13.8 Å². The van der Waals surface area contributed by atoms with Gasteiger partial charge in [0.1, 0.15) is 17.6 Å². The van der Waals surface area contributed by atoms with E-state index in [9.17, 15) is 17.6 Å². The van der Waals surface area contributed by atoms with Crippen molar-refractivity contribution in [2.75, 3.05) is 15.9 Å². The Bertz CT molecular complexity index is 898. The number of benzene rings is 2. The van der Waals surface area contributed by atoms with Crippen molar-refractivity contribution in [2.45, 2.75) is 32.9 Å². The van der Waals surface area contributed by atoms with Crippen LogP contribution in [0.25, 0.3) is 0 Å². The van der Waals surface area contributed by atoms with Crippen LogP contribution in [0.2, 0.25) is 0 Å². The van der Waals surface area contributed by atoms with Crippen LogP contribution in [-0.4, -0.2) is 32.7 Å². The van der Waals surface area contributed by atoms with Gasteiger partial charge in [0.15, 0.2) is 0 Å². The fourth-order valence-electron chi connectivity index (χ4n) is 2.55. The van der Waals surface area contributed by atoms with E-state index >= 15 is 0 Å². The number of rotatable bonds is 7. The molecule has 0 saturated heterocycles. The summed E-state index contributed by atoms with van der Waals surface area (Å²) in [5, 5.41) is 2.64. The first-order chi connectivity index (χ1) is 12.6. The summed E-state index contributed by atoms with van der Waals surface area (Å²) in [6.45, 7) is 5.21. The second kappa shape index (κ2) is 8.39. The Morgan fingerprint density at radius 2 is 1.67 bits per heavy atom. The van der Waals surface area contributed by atoms with Crippen LogP contribution in [0.15, 0.2) is 48.5 Å². The molecule has 0 heterocycles. The maximum atomic E-state index is 14.1. The molecule has 1 atom stereocenters. The molecular formula is C19H23FN2O4S. The molecule has 2 aromatic rings. The van der Waals surface area contributed by atoms with Crippen molar-refractivity contribution in [2.24, 2.45) is 0 Å². The van der Waals surface area contributed by atoms with E-state index in [-0.39, 0.29) is 11.8 Å². The van der Waals surface area contributed by atoms with Crippen molar-refractivity contribution in [1.29, 1.82) is 0 Å². The number of para-hydroxylation sites is 1. The van der Waals surface area contributed by atoms with Crippen LogP contribution in [-0.2, 0) is 14.8 Å². The SMILES string of the molecule is CC(C)Oc1ccc(NC(=O)C(C)N(c2ccccc2F)S(C)(=O)=O)cc1. The highest BCUT2D eigenvalue weighted by Gasteiger charge is 2.30. The van der Waals surface area contributed by atoms with Gasteiger partial charge in [-0.15, -0.1) is 0 Å². The van der Waals surface area contributed by atoms with Gasteiger partial charge in [-0.2, -0.15) is 0 Å². The number of ether oxygens (including phenoxy) is 1. The molecule has 0 aliphatic carbocycles. The minimum absolute atomic E-state index is 0.0227. The topological polar surface area (TPSA) is 75.7 Å². The highest BCUT2D eigenvalue weighted by atomic mass is 32.2. The maximum absolute atomic E-state index is 14.1. The number of hydrogen-bond acceptors (Lipinski definition) is 4. The summed E-state index contributed by atoms with van der Waals surface area (Å²) >= 11 is 0. The number of nitrogens with one attached hydrogen (secondary N) is 1. The van der Waals surface area contributed by atoms with Crippen molar-refractivity contribution in [3.05, 3.63) is 54.3 Å². The summed E-state index contributed by atoms with van der Waals surface area (Å²) in [5.74, 6) is -0.654. The molecule has 0 bridgehead atoms. The van der Waals surface area contributed by atoms with E-state index in [1.165, 1.54) is 25.1 Å². The van der Waals surface area contributed by atoms with Crippen LogP contribution in [0.5, 0.6) is 5.75 Å². The van der Waals surface area contributed by atoms with E-state index in [0.717, 1.165) is 16.6 Å². The Hall–Kier alpha value is -2.61. The van der Waals surface area contributed by atoms with Gasteiger partial charge in [-0.05, 0) is 57.2 Å². The van der Waals surface area contributed by atoms with Crippen molar-refractivity contribution in [3.8, 4) is 5.75 Å². The highest BCUT2D eigenvalue weighted by molar-refractivity contribution is 7.92. The third-order valence-electron chi connectivity index (χ3n) is 3.67. The number of hydrogen-bond donors (Lipinski definition) is 1. The van der Waals surface area contributed by atoms with E-state index in [4.69, 9.17) is 4.74 Å². The number of sulfonamides is 1. The first-order valence-electron chi connectivity index (χ1n) is 8.41. The molecule has 1 amide bonds. The molecule has 6 nitrogen and oxygen atoms in total. The number of amides is 1. The average molecular weight is 394 g/mol. The van der Waals surface area contributed by atoms with Gasteiger partial charge in [0, 0.05) is 5.69 Å². The van der Waals surface area contributed by atoms with Gasteiger partial charge in [0.2, 0.25) is 15.9 Å². The number of anilines is 2. The Balaban J connectivity index is 2.22. The molecule has 0 aliphatic rings. The zero-order chi connectivity index (χ0) is 20.2. The molecule has 0 aliphatic heterocycles. The number of nitrogens with zero attached hydrogens (tertiary/aromatic N) is 1. The van der Waals surface area contributed by atoms with Crippen LogP contribution in [0.4, 0.5) is 15.8 Å². The van der Waals surface area contributed by atoms with Crippen LogP contribution in [0, 0.1) is 5.82 Å². The van der Waals surface area contributed by atoms with Crippen molar-refractivity contribution in [1.82, 2.24) is 0 Å². The molecule has 0 fully saturated rings. The van der Waals surface area contributed by atoms with Crippen LogP contribution in [0.3, 0.4) is 0 Å². The van der Waals surface area contributed by atoms with E-state index in [0.29, 0.717) is 11.4 Å². The van der Waals surface area contributed by atoms with Gasteiger partial charge < -0.3 is 10.1 Å². The quantitative estimate of drug-likeness (QED) is 0.781. The second-order valence-electron chi connectivity index (χ2n) is 6.37. The van der Waals surface area contributed by atoms with Gasteiger partial charge in [0.25, 0.3) is 0 Å². The summed E-state index contributed by atoms with van der Waals surface area (Å²) in [4.78, 5) is 12.6. The molecule has 8 heteroatoms. The lowest BCUT2D eigenvalue weighted by atomic mass is 10.2. The molecule has 2 rings (SSSR count). The van der Waals surface area contributed by atoms with Crippen molar-refractivity contribution in [3.63, 3.8) is 0 Å². The van der Waals surface area contributed by atoms with Gasteiger partial charge in [-0.3, -0.25) is 9.10 Å². The molecule has 146 valence electrons. The van der Waals surface area contributed by atoms with E-state index < -0.39 is 27.8 Å². The standard InChI is InChI=1S/C19H23FN2O4S/c1-13(2)26-16-11-9-15(10-12-16)21-19(23)14(3)22(27(4,24)25)18-8-6-5-7-17(18)20/h5-14H,1-4H3,(H,21,23). The smallest absolute Gasteiger partial charge is 0.247 e. The lowest BCUT2D eigenvalue weighted by Gasteiger charge is -2.28. The maximum Gasteiger partial charge on any atom is 0.247 e. The zero-order valence-corrected chi connectivity index (χ0v) is 16.5. The van der Waals surface area contributed by atoms with E-state index in [2.05, 4.69) is 5.32 Å². The van der Waals surface area contributed by atoms with Gasteiger partial charge in [0.05, 0.1) is 18.0 Å². The van der Waals surface area contributed by atoms with Gasteiger partial charge >= 0.3 is 0 Å². The first-order valence-corrected chi connectivity index (χ1v) is 10.3. The molecule has 0 radical (unpaired) electrons. The Morgan fingerprint density at radius 1 is 1.07 bits per heavy atom. The predicted octanol–water partition coefficient (Wildman–Crippen LogP) is 3.41. The van der Waals surface area contributed by atoms with Crippen LogP contribution in [0.1, 0.15) is 20.8 Å². The Morgan fingerprint density at radius 3 is 2.19 bits per heavy atom. The molecule has 27 heavy (non-hydrogen) atoms. The summed E-state index contributed by atoms with van der Waals surface area (Å²) < 4.78 is 44.8. The Kier molecular flexibility index (Phi) is 6.43. The Labute approximate surface area is 159 Å². The predicted molar refractivity (Wildman–Crippen MR) is 104 cm³/mol. The minimum atomic E-state index is -3.88. The molecule has 0 spiro atoms. The lowest BCUT2D eigenvalue weighted by Crippen LogP contribution is -2.45. The molecule has 0 aromatic heterocycles. The van der Waals surface area contributed by atoms with Gasteiger partial charge in [-0.1, -0.05) is 12.1 Å². The summed E-state index contributed by atoms with van der Waals surface area (Å²) in [6, 6.07) is 11.0. The van der Waals surface area contributed by atoms with E-state index in [1.54, 1.807) is 24.3 Å². The zero-order valence-electron chi connectivity index (χ0n) is 15.6. The summed E-state index contributed by atoms with van der Waals surface area (Å²) in [6.07, 6.45) is 0.955. The number of halogens is 1. The fourth-order valence-corrected chi connectivity index (χ4v) is 3.72. The fraction of sp³-hybridized carbons (Fsp3) is 0.316. The number of carbonyl (C=O) groups excluding carboxylic acids is 1. The molecule has 1 unspecified atom stereocenters. The number of carbonyl (C=O) groups is 1. The van der Waals surface area contributed by atoms with Crippen molar-refractivity contribution < 1.29 is 22.3 Å². The minimum Gasteiger partial charge on any atom is -0.491 e. The average Bonchev–Trinajstić information content (AvgIpc) is 2.57. The summed E-state index contributed by atoms with van der Waals surface area (Å²) in [7, 11) is -3.88. The lowest BCUT2D eigenvalue weighted by molar-refractivity contribution is -0.116. The molecule has 1 N–H and O–H groups in total. The third kappa shape index (κ3) is 5.43. The normalized spacial score (nSPS) is 12.5. The second-order valence-corrected chi connectivity index (χ2v) is 8.23. The van der Waals surface area contributed by atoms with Crippen LogP contribution >= 0.6 is 0 Å². The molecular weight excluding hydrogens is 371 g/mol. The first kappa shape index (κ1) is 20.7. The highest BCUT2D eigenvalue weighted by Crippen LogP contribution is 2.25. The third-order valence-corrected chi connectivity index (χ3v) is 4.90. The molecule has 2 aromatic carbocycles. The molecule has 0 saturated carbocycles. The van der Waals surface area contributed by atoms with Crippen molar-refractivity contribution >= 4 is 27.3 Å². The summed E-state index contributed by atoms with van der Waals surface area (Å²) in [5.41, 5.74) is 0.299. The van der Waals surface area contributed by atoms with Crippen LogP contribution < -0.4 is 14.4 Å².